The number of hydrogen-bond donors (Lipinski definition) is 0. The Bertz CT molecular complexity index is 928. The molecule has 0 radical (unpaired) electrons. The number of rotatable bonds is 7. The fraction of sp³-hybridized carbons (Fsp3) is 0.300. The van der Waals surface area contributed by atoms with Crippen molar-refractivity contribution in [3.63, 3.8) is 0 Å². The topological polar surface area (TPSA) is 54.9 Å². The van der Waals surface area contributed by atoms with Crippen molar-refractivity contribution in [2.45, 2.75) is 0 Å². The first-order valence-electron chi connectivity index (χ1n) is 8.57. The average Bonchev–Trinajstić information content (AvgIpc) is 3.10. The third kappa shape index (κ3) is 4.92. The zero-order chi connectivity index (χ0) is 19.4. The van der Waals surface area contributed by atoms with Crippen LogP contribution in [0.25, 0.3) is 10.2 Å². The molecule has 1 heterocycles. The van der Waals surface area contributed by atoms with E-state index in [0.717, 1.165) is 28.3 Å². The Morgan fingerprint density at radius 3 is 2.25 bits per heavy atom. The van der Waals surface area contributed by atoms with Crippen LogP contribution in [0.1, 0.15) is 10.4 Å². The third-order valence-electron chi connectivity index (χ3n) is 4.17. The van der Waals surface area contributed by atoms with Gasteiger partial charge >= 0.3 is 0 Å². The maximum absolute atomic E-state index is 13.2. The van der Waals surface area contributed by atoms with E-state index in [4.69, 9.17) is 9.47 Å². The molecular weight excluding hydrogens is 398 g/mol. The zero-order valence-electron chi connectivity index (χ0n) is 16.3. The molecule has 0 N–H and O–H groups in total. The highest BCUT2D eigenvalue weighted by atomic mass is 35.5. The number of carbonyl (C=O) groups is 1. The van der Waals surface area contributed by atoms with Crippen molar-refractivity contribution >= 4 is 45.0 Å². The van der Waals surface area contributed by atoms with Crippen molar-refractivity contribution in [1.82, 2.24) is 9.88 Å². The number of amides is 1. The molecule has 0 unspecified atom stereocenters. The summed E-state index contributed by atoms with van der Waals surface area (Å²) in [5, 5.41) is 0.681. The lowest BCUT2D eigenvalue weighted by Crippen LogP contribution is -2.36. The van der Waals surface area contributed by atoms with Crippen LogP contribution in [0, 0.1) is 0 Å². The van der Waals surface area contributed by atoms with Crippen LogP contribution in [-0.2, 0) is 0 Å². The number of thiazole rings is 1. The molecule has 2 aromatic carbocycles. The van der Waals surface area contributed by atoms with Crippen molar-refractivity contribution < 1.29 is 14.3 Å². The lowest BCUT2D eigenvalue weighted by Gasteiger charge is -2.22. The number of benzene rings is 2. The van der Waals surface area contributed by atoms with E-state index in [2.05, 4.69) is 4.98 Å². The summed E-state index contributed by atoms with van der Waals surface area (Å²) in [5.74, 6) is 1.42. The number of ether oxygens (including phenoxy) is 2. The van der Waals surface area contributed by atoms with E-state index in [1.165, 1.54) is 11.3 Å². The monoisotopic (exact) mass is 421 g/mol. The van der Waals surface area contributed by atoms with Crippen LogP contribution in [0.3, 0.4) is 0 Å². The van der Waals surface area contributed by atoms with Gasteiger partial charge in [-0.2, -0.15) is 0 Å². The summed E-state index contributed by atoms with van der Waals surface area (Å²) in [4.78, 5) is 21.6. The second-order valence-corrected chi connectivity index (χ2v) is 7.33. The van der Waals surface area contributed by atoms with E-state index in [1.54, 1.807) is 43.4 Å². The van der Waals surface area contributed by atoms with Gasteiger partial charge in [-0.15, -0.1) is 12.4 Å². The van der Waals surface area contributed by atoms with E-state index < -0.39 is 0 Å². The maximum Gasteiger partial charge on any atom is 0.260 e. The molecule has 0 aliphatic carbocycles. The van der Waals surface area contributed by atoms with Crippen LogP contribution in [0.2, 0.25) is 0 Å². The van der Waals surface area contributed by atoms with Gasteiger partial charge in [-0.25, -0.2) is 4.98 Å². The molecule has 0 saturated heterocycles. The highest BCUT2D eigenvalue weighted by Gasteiger charge is 2.21. The molecule has 1 amide bonds. The highest BCUT2D eigenvalue weighted by Crippen LogP contribution is 2.32. The van der Waals surface area contributed by atoms with Crippen LogP contribution >= 0.6 is 23.7 Å². The van der Waals surface area contributed by atoms with E-state index in [0.29, 0.717) is 17.2 Å². The molecule has 0 spiro atoms. The van der Waals surface area contributed by atoms with Gasteiger partial charge in [0.15, 0.2) is 5.13 Å². The molecule has 1 aromatic heterocycles. The number of aromatic nitrogens is 1. The van der Waals surface area contributed by atoms with Crippen LogP contribution in [0.5, 0.6) is 11.5 Å². The van der Waals surface area contributed by atoms with Crippen molar-refractivity contribution in [1.29, 1.82) is 0 Å². The zero-order valence-corrected chi connectivity index (χ0v) is 18.0. The third-order valence-corrected chi connectivity index (χ3v) is 5.21. The second kappa shape index (κ2) is 9.73. The van der Waals surface area contributed by atoms with Crippen LogP contribution in [0.15, 0.2) is 42.5 Å². The van der Waals surface area contributed by atoms with Crippen LogP contribution in [-0.4, -0.2) is 57.2 Å². The van der Waals surface area contributed by atoms with Gasteiger partial charge in [0, 0.05) is 18.7 Å². The van der Waals surface area contributed by atoms with Gasteiger partial charge in [-0.1, -0.05) is 11.3 Å². The molecule has 8 heteroatoms. The Balaban J connectivity index is 0.00000280. The standard InChI is InChI=1S/C20H23N3O3S.ClH/c1-22(2)11-12-23(19(24)14-5-7-15(25-3)8-6-14)20-21-17-10-9-16(26-4)13-18(17)27-20;/h5-10,13H,11-12H2,1-4H3;1H. The summed E-state index contributed by atoms with van der Waals surface area (Å²) >= 11 is 1.49. The van der Waals surface area contributed by atoms with Gasteiger partial charge in [-0.05, 0) is 56.6 Å². The van der Waals surface area contributed by atoms with E-state index in [-0.39, 0.29) is 18.3 Å². The predicted molar refractivity (Wildman–Crippen MR) is 117 cm³/mol. The van der Waals surface area contributed by atoms with Crippen molar-refractivity contribution in [3.8, 4) is 11.5 Å². The van der Waals surface area contributed by atoms with Crippen molar-refractivity contribution in [2.24, 2.45) is 0 Å². The Kier molecular flexibility index (Phi) is 7.62. The number of carbonyl (C=O) groups excluding carboxylic acids is 1. The molecule has 0 fully saturated rings. The number of nitrogens with zero attached hydrogens (tertiary/aromatic N) is 3. The number of fused-ring (bicyclic) bond motifs is 1. The lowest BCUT2D eigenvalue weighted by atomic mass is 10.2. The molecule has 0 aliphatic rings. The fourth-order valence-corrected chi connectivity index (χ4v) is 3.63. The van der Waals surface area contributed by atoms with Gasteiger partial charge < -0.3 is 14.4 Å². The quantitative estimate of drug-likeness (QED) is 0.578. The molecule has 3 aromatic rings. The molecule has 0 aliphatic heterocycles. The van der Waals surface area contributed by atoms with Crippen LogP contribution in [0.4, 0.5) is 5.13 Å². The SMILES string of the molecule is COc1ccc(C(=O)N(CCN(C)C)c2nc3ccc(OC)cc3s2)cc1.Cl. The number of methoxy groups -OCH3 is 2. The van der Waals surface area contributed by atoms with E-state index >= 15 is 0 Å². The lowest BCUT2D eigenvalue weighted by molar-refractivity contribution is 0.0985. The molecule has 28 heavy (non-hydrogen) atoms. The summed E-state index contributed by atoms with van der Waals surface area (Å²) in [6, 6.07) is 12.9. The number of likely N-dealkylation sites (N-methyl/N-ethyl adjacent to an activating group) is 1. The van der Waals surface area contributed by atoms with Gasteiger partial charge in [0.25, 0.3) is 5.91 Å². The summed E-state index contributed by atoms with van der Waals surface area (Å²) in [6.07, 6.45) is 0. The summed E-state index contributed by atoms with van der Waals surface area (Å²) < 4.78 is 11.5. The van der Waals surface area contributed by atoms with Gasteiger partial charge in [0.05, 0.1) is 24.4 Å². The molecule has 3 rings (SSSR count). The maximum atomic E-state index is 13.2. The van der Waals surface area contributed by atoms with Gasteiger partial charge in [-0.3, -0.25) is 9.69 Å². The van der Waals surface area contributed by atoms with Crippen LogP contribution < -0.4 is 14.4 Å². The van der Waals surface area contributed by atoms with Crippen molar-refractivity contribution in [2.75, 3.05) is 46.3 Å². The van der Waals surface area contributed by atoms with E-state index in [1.807, 2.05) is 37.2 Å². The first-order chi connectivity index (χ1) is 13.0. The summed E-state index contributed by atoms with van der Waals surface area (Å²) in [5.41, 5.74) is 1.46. The first kappa shape index (κ1) is 21.9. The largest absolute Gasteiger partial charge is 0.497 e. The Morgan fingerprint density at radius 2 is 1.64 bits per heavy atom. The molecule has 0 saturated carbocycles. The molecule has 6 nitrogen and oxygen atoms in total. The van der Waals surface area contributed by atoms with Gasteiger partial charge in [0.2, 0.25) is 0 Å². The Morgan fingerprint density at radius 1 is 1.00 bits per heavy atom. The Labute approximate surface area is 175 Å². The minimum absolute atomic E-state index is 0. The first-order valence-corrected chi connectivity index (χ1v) is 9.38. The predicted octanol–water partition coefficient (Wildman–Crippen LogP) is 3.94. The fourth-order valence-electron chi connectivity index (χ4n) is 2.61. The number of hydrogen-bond acceptors (Lipinski definition) is 6. The number of anilines is 1. The smallest absolute Gasteiger partial charge is 0.260 e. The molecular formula is C20H24ClN3O3S. The Hall–Kier alpha value is -2.35. The van der Waals surface area contributed by atoms with Gasteiger partial charge in [0.1, 0.15) is 11.5 Å². The molecule has 0 bridgehead atoms. The molecule has 0 atom stereocenters. The minimum atomic E-state index is -0.0782. The van der Waals surface area contributed by atoms with Crippen molar-refractivity contribution in [3.05, 3.63) is 48.0 Å². The summed E-state index contributed by atoms with van der Waals surface area (Å²) in [6.45, 7) is 1.29. The minimum Gasteiger partial charge on any atom is -0.497 e. The normalized spacial score (nSPS) is 10.6. The number of halogens is 1. The average molecular weight is 422 g/mol. The second-order valence-electron chi connectivity index (χ2n) is 6.32. The summed E-state index contributed by atoms with van der Waals surface area (Å²) in [7, 11) is 7.22. The van der Waals surface area contributed by atoms with E-state index in [9.17, 15) is 4.79 Å². The highest BCUT2D eigenvalue weighted by molar-refractivity contribution is 7.22. The molecule has 150 valence electrons.